The van der Waals surface area contributed by atoms with E-state index >= 15 is 0 Å². The summed E-state index contributed by atoms with van der Waals surface area (Å²) in [5, 5.41) is 8.61. The van der Waals surface area contributed by atoms with E-state index in [2.05, 4.69) is 10.6 Å². The number of nitrogens with zero attached hydrogens (tertiary/aromatic N) is 1. The quantitative estimate of drug-likeness (QED) is 0.770. The van der Waals surface area contributed by atoms with Crippen LogP contribution in [0.2, 0.25) is 0 Å². The molecule has 2 amide bonds. The molecule has 2 aromatic rings. The van der Waals surface area contributed by atoms with Gasteiger partial charge in [-0.2, -0.15) is 0 Å². The molecule has 0 bridgehead atoms. The Kier molecular flexibility index (Phi) is 7.33. The average molecular weight is 434 g/mol. The first kappa shape index (κ1) is 21.8. The highest BCUT2D eigenvalue weighted by Gasteiger charge is 2.42. The molecule has 2 N–H and O–H groups in total. The van der Waals surface area contributed by atoms with Gasteiger partial charge in [0.1, 0.15) is 0 Å². The molecule has 2 aliphatic rings. The molecule has 1 aromatic carbocycles. The Morgan fingerprint density at radius 1 is 1.21 bits per heavy atom. The minimum Gasteiger partial charge on any atom is -0.352 e. The molecule has 0 aliphatic carbocycles. The number of thiophene rings is 1. The van der Waals surface area contributed by atoms with E-state index < -0.39 is 0 Å². The molecule has 5 nitrogen and oxygen atoms in total. The molecule has 156 valence electrons. The van der Waals surface area contributed by atoms with Crippen LogP contribution in [0.5, 0.6) is 0 Å². The predicted molar refractivity (Wildman–Crippen MR) is 120 cm³/mol. The number of piperidine rings is 2. The number of halogens is 1. The van der Waals surface area contributed by atoms with Crippen molar-refractivity contribution in [2.24, 2.45) is 5.92 Å². The van der Waals surface area contributed by atoms with Crippen LogP contribution in [0.3, 0.4) is 0 Å². The summed E-state index contributed by atoms with van der Waals surface area (Å²) in [7, 11) is 0. The van der Waals surface area contributed by atoms with E-state index in [1.54, 1.807) is 11.3 Å². The van der Waals surface area contributed by atoms with Gasteiger partial charge in [0, 0.05) is 29.6 Å². The monoisotopic (exact) mass is 433 g/mol. The molecule has 7 heteroatoms. The number of benzene rings is 1. The second kappa shape index (κ2) is 9.74. The number of carbonyl (C=O) groups excluding carboxylic acids is 2. The number of aryl methyl sites for hydroxylation is 1. The van der Waals surface area contributed by atoms with Gasteiger partial charge in [0.05, 0.1) is 12.0 Å². The van der Waals surface area contributed by atoms with Crippen molar-refractivity contribution in [3.63, 3.8) is 0 Å². The average Bonchev–Trinajstić information content (AvgIpc) is 3.24. The van der Waals surface area contributed by atoms with Crippen molar-refractivity contribution in [3.05, 3.63) is 52.2 Å². The molecule has 0 spiro atoms. The molecule has 3 heterocycles. The van der Waals surface area contributed by atoms with E-state index in [9.17, 15) is 9.59 Å². The van der Waals surface area contributed by atoms with E-state index in [0.717, 1.165) is 42.1 Å². The first-order valence-electron chi connectivity index (χ1n) is 10.1. The van der Waals surface area contributed by atoms with Crippen LogP contribution in [0.4, 0.5) is 5.69 Å². The zero-order valence-corrected chi connectivity index (χ0v) is 18.2. The number of anilines is 1. The molecule has 0 saturated carbocycles. The smallest absolute Gasteiger partial charge is 0.227 e. The maximum atomic E-state index is 13.2. The second-order valence-electron chi connectivity index (χ2n) is 7.76. The topological polar surface area (TPSA) is 61.4 Å². The summed E-state index contributed by atoms with van der Waals surface area (Å²) in [6.07, 6.45) is 3.08. The minimum atomic E-state index is -0.250. The van der Waals surface area contributed by atoms with Gasteiger partial charge < -0.3 is 15.5 Å². The van der Waals surface area contributed by atoms with Crippen LogP contribution in [0.25, 0.3) is 0 Å². The van der Waals surface area contributed by atoms with Crippen molar-refractivity contribution < 1.29 is 9.59 Å². The van der Waals surface area contributed by atoms with Crippen LogP contribution >= 0.6 is 23.7 Å². The minimum absolute atomic E-state index is 0. The summed E-state index contributed by atoms with van der Waals surface area (Å²) in [6.45, 7) is 3.87. The van der Waals surface area contributed by atoms with E-state index in [1.807, 2.05) is 53.6 Å². The fourth-order valence-corrected chi connectivity index (χ4v) is 5.13. The number of hydrogen-bond donors (Lipinski definition) is 2. The summed E-state index contributed by atoms with van der Waals surface area (Å²) in [5.41, 5.74) is 2.02. The van der Waals surface area contributed by atoms with Crippen molar-refractivity contribution >= 4 is 41.2 Å². The Morgan fingerprint density at radius 2 is 2.00 bits per heavy atom. The maximum Gasteiger partial charge on any atom is 0.227 e. The van der Waals surface area contributed by atoms with Crippen molar-refractivity contribution in [1.29, 1.82) is 0 Å². The number of rotatable bonds is 4. The lowest BCUT2D eigenvalue weighted by Crippen LogP contribution is -2.52. The Hall–Kier alpha value is -1.89. The highest BCUT2D eigenvalue weighted by Crippen LogP contribution is 2.41. The van der Waals surface area contributed by atoms with Gasteiger partial charge in [0.2, 0.25) is 11.8 Å². The molecule has 2 fully saturated rings. The second-order valence-corrected chi connectivity index (χ2v) is 8.74. The van der Waals surface area contributed by atoms with E-state index in [1.165, 1.54) is 0 Å². The number of nitrogens with one attached hydrogen (secondary N) is 2. The van der Waals surface area contributed by atoms with Crippen LogP contribution in [0, 0.1) is 12.8 Å². The third-order valence-corrected chi connectivity index (χ3v) is 6.67. The molecular weight excluding hydrogens is 406 g/mol. The first-order valence-corrected chi connectivity index (χ1v) is 10.9. The third kappa shape index (κ3) is 4.82. The molecule has 3 unspecified atom stereocenters. The van der Waals surface area contributed by atoms with Crippen molar-refractivity contribution in [2.75, 3.05) is 18.0 Å². The zero-order valence-electron chi connectivity index (χ0n) is 16.6. The lowest BCUT2D eigenvalue weighted by Gasteiger charge is -2.40. The van der Waals surface area contributed by atoms with Crippen LogP contribution in [-0.4, -0.2) is 30.9 Å². The lowest BCUT2D eigenvalue weighted by molar-refractivity contribution is -0.129. The fraction of sp³-hybridized carbons (Fsp3) is 0.455. The molecule has 29 heavy (non-hydrogen) atoms. The molecule has 1 aromatic heterocycles. The maximum absolute atomic E-state index is 13.2. The number of amides is 2. The number of hydrogen-bond acceptors (Lipinski definition) is 4. The molecule has 2 aliphatic heterocycles. The van der Waals surface area contributed by atoms with Crippen molar-refractivity contribution in [1.82, 2.24) is 10.6 Å². The largest absolute Gasteiger partial charge is 0.352 e. The highest BCUT2D eigenvalue weighted by molar-refractivity contribution is 7.10. The Labute approximate surface area is 182 Å². The Balaban J connectivity index is 0.00000240. The molecule has 4 rings (SSSR count). The van der Waals surface area contributed by atoms with Crippen LogP contribution in [0.1, 0.15) is 42.2 Å². The summed E-state index contributed by atoms with van der Waals surface area (Å²) in [4.78, 5) is 29.1. The first-order chi connectivity index (χ1) is 13.6. The van der Waals surface area contributed by atoms with Gasteiger partial charge in [-0.25, -0.2) is 0 Å². The number of carbonyl (C=O) groups is 2. The molecule has 3 atom stereocenters. The van der Waals surface area contributed by atoms with Gasteiger partial charge >= 0.3 is 0 Å². The van der Waals surface area contributed by atoms with E-state index in [0.29, 0.717) is 12.8 Å². The summed E-state index contributed by atoms with van der Waals surface area (Å²) in [6, 6.07) is 12.0. The van der Waals surface area contributed by atoms with Gasteiger partial charge in [-0.3, -0.25) is 9.59 Å². The predicted octanol–water partition coefficient (Wildman–Crippen LogP) is 3.83. The molecular formula is C22H28ClN3O2S. The van der Waals surface area contributed by atoms with Gasteiger partial charge in [-0.1, -0.05) is 23.8 Å². The fourth-order valence-electron chi connectivity index (χ4n) is 4.25. The van der Waals surface area contributed by atoms with Crippen molar-refractivity contribution in [3.8, 4) is 0 Å². The summed E-state index contributed by atoms with van der Waals surface area (Å²) < 4.78 is 0. The summed E-state index contributed by atoms with van der Waals surface area (Å²) in [5.74, 6) is -0.0815. The van der Waals surface area contributed by atoms with Crippen LogP contribution in [-0.2, 0) is 9.59 Å². The SMILES string of the molecule is Cc1ccc(N2C(=O)CCC(C(=O)NC3CCCNC3)C2c2cccs2)cc1.Cl. The standard InChI is InChI=1S/C22H27N3O2S.ClH/c1-15-6-8-17(9-7-15)25-20(26)11-10-18(21(25)19-5-3-13-28-19)22(27)24-16-4-2-12-23-14-16;/h3,5-9,13,16,18,21,23H,2,4,10-12,14H2,1H3,(H,24,27);1H. The van der Waals surface area contributed by atoms with Gasteiger partial charge in [-0.15, -0.1) is 23.7 Å². The Morgan fingerprint density at radius 3 is 2.66 bits per heavy atom. The van der Waals surface area contributed by atoms with E-state index in [4.69, 9.17) is 0 Å². The molecule has 2 saturated heterocycles. The lowest BCUT2D eigenvalue weighted by atomic mass is 9.86. The normalized spacial score (nSPS) is 24.7. The van der Waals surface area contributed by atoms with Crippen LogP contribution in [0.15, 0.2) is 41.8 Å². The zero-order chi connectivity index (χ0) is 19.5. The summed E-state index contributed by atoms with van der Waals surface area (Å²) >= 11 is 1.61. The highest BCUT2D eigenvalue weighted by atomic mass is 35.5. The van der Waals surface area contributed by atoms with Crippen LogP contribution < -0.4 is 15.5 Å². The van der Waals surface area contributed by atoms with Gasteiger partial charge in [0.15, 0.2) is 0 Å². The van der Waals surface area contributed by atoms with E-state index in [-0.39, 0.29) is 42.2 Å². The Bertz CT molecular complexity index is 819. The van der Waals surface area contributed by atoms with Gasteiger partial charge in [0.25, 0.3) is 0 Å². The molecule has 0 radical (unpaired) electrons. The van der Waals surface area contributed by atoms with Crippen molar-refractivity contribution in [2.45, 2.75) is 44.7 Å². The third-order valence-electron chi connectivity index (χ3n) is 5.72. The van der Waals surface area contributed by atoms with Gasteiger partial charge in [-0.05, 0) is 56.3 Å².